The number of non-ortho nitro benzene ring substituents is 1. The minimum absolute atomic E-state index is 0.0123. The van der Waals surface area contributed by atoms with Crippen LogP contribution in [-0.4, -0.2) is 10.0 Å². The van der Waals surface area contributed by atoms with Gasteiger partial charge in [0, 0.05) is 12.1 Å². The Kier molecular flexibility index (Phi) is 3.92. The van der Waals surface area contributed by atoms with Crippen LogP contribution in [-0.2, 0) is 6.42 Å². The number of nitro benzene ring substituents is 1. The van der Waals surface area contributed by atoms with Crippen molar-refractivity contribution in [1.29, 1.82) is 0 Å². The maximum absolute atomic E-state index is 10.7. The molecule has 2 aromatic carbocycles. The van der Waals surface area contributed by atoms with Crippen molar-refractivity contribution in [2.24, 2.45) is 0 Å². The molecular weight excluding hydrogens is 242 g/mol. The minimum atomic E-state index is -0.842. The molecule has 98 valence electrons. The molecule has 0 aliphatic carbocycles. The lowest BCUT2D eigenvalue weighted by Gasteiger charge is -2.11. The Morgan fingerprint density at radius 1 is 1.16 bits per heavy atom. The highest BCUT2D eigenvalue weighted by Gasteiger charge is 2.14. The topological polar surface area (TPSA) is 63.4 Å². The summed E-state index contributed by atoms with van der Waals surface area (Å²) in [6.07, 6.45) is 0.0958. The molecule has 0 saturated heterocycles. The van der Waals surface area contributed by atoms with Gasteiger partial charge in [0.05, 0.1) is 4.92 Å². The molecule has 0 bridgehead atoms. The second-order valence-corrected chi connectivity index (χ2v) is 4.35. The summed E-state index contributed by atoms with van der Waals surface area (Å²) in [7, 11) is 0. The van der Waals surface area contributed by atoms with Crippen molar-refractivity contribution in [3.8, 4) is 0 Å². The van der Waals surface area contributed by atoms with Crippen molar-refractivity contribution in [1.82, 2.24) is 0 Å². The van der Waals surface area contributed by atoms with E-state index in [1.807, 2.05) is 24.3 Å². The maximum Gasteiger partial charge on any atom is 0.269 e. The molecule has 0 aromatic heterocycles. The molecule has 0 saturated carbocycles. The Morgan fingerprint density at radius 2 is 1.84 bits per heavy atom. The molecule has 2 aromatic rings. The molecule has 2 rings (SSSR count). The molecule has 0 aliphatic rings. The van der Waals surface area contributed by atoms with Gasteiger partial charge in [-0.15, -0.1) is 0 Å². The van der Waals surface area contributed by atoms with Crippen molar-refractivity contribution >= 4 is 5.69 Å². The quantitative estimate of drug-likeness (QED) is 0.675. The van der Waals surface area contributed by atoms with Crippen LogP contribution >= 0.6 is 0 Å². The average molecular weight is 257 g/mol. The van der Waals surface area contributed by atoms with Crippen LogP contribution < -0.4 is 0 Å². The zero-order valence-electron chi connectivity index (χ0n) is 10.6. The van der Waals surface area contributed by atoms with Gasteiger partial charge in [0.15, 0.2) is 0 Å². The van der Waals surface area contributed by atoms with E-state index in [0.717, 1.165) is 12.0 Å². The fourth-order valence-electron chi connectivity index (χ4n) is 1.94. The molecule has 0 unspecified atom stereocenters. The Bertz CT molecular complexity index is 578. The Morgan fingerprint density at radius 3 is 2.42 bits per heavy atom. The highest BCUT2D eigenvalue weighted by molar-refractivity contribution is 5.39. The normalized spacial score (nSPS) is 12.1. The van der Waals surface area contributed by atoms with Crippen LogP contribution in [0.25, 0.3) is 0 Å². The number of aliphatic hydroxyl groups excluding tert-OH is 1. The van der Waals surface area contributed by atoms with Gasteiger partial charge in [-0.2, -0.15) is 0 Å². The minimum Gasteiger partial charge on any atom is -0.384 e. The molecule has 0 radical (unpaired) electrons. The lowest BCUT2D eigenvalue weighted by atomic mass is 9.99. The van der Waals surface area contributed by atoms with Gasteiger partial charge in [-0.25, -0.2) is 0 Å². The van der Waals surface area contributed by atoms with Crippen LogP contribution in [0.5, 0.6) is 0 Å². The first-order valence-electron chi connectivity index (χ1n) is 6.13. The summed E-state index contributed by atoms with van der Waals surface area (Å²) in [6, 6.07) is 13.7. The number of benzene rings is 2. The SMILES string of the molecule is CCc1ccc([C@@H](O)c2cccc([N+](=O)[O-])c2)cc1. The van der Waals surface area contributed by atoms with E-state index in [9.17, 15) is 15.2 Å². The summed E-state index contributed by atoms with van der Waals surface area (Å²) in [4.78, 5) is 10.3. The molecule has 19 heavy (non-hydrogen) atoms. The van der Waals surface area contributed by atoms with Crippen LogP contribution in [0, 0.1) is 10.1 Å². The van der Waals surface area contributed by atoms with E-state index in [1.165, 1.54) is 17.7 Å². The van der Waals surface area contributed by atoms with Crippen molar-refractivity contribution in [2.45, 2.75) is 19.4 Å². The van der Waals surface area contributed by atoms with E-state index >= 15 is 0 Å². The first kappa shape index (κ1) is 13.2. The molecule has 0 heterocycles. The third-order valence-corrected chi connectivity index (χ3v) is 3.10. The smallest absolute Gasteiger partial charge is 0.269 e. The number of aliphatic hydroxyl groups is 1. The van der Waals surface area contributed by atoms with Gasteiger partial charge >= 0.3 is 0 Å². The summed E-state index contributed by atoms with van der Waals surface area (Å²) >= 11 is 0. The Labute approximate surface area is 111 Å². The fraction of sp³-hybridized carbons (Fsp3) is 0.200. The summed E-state index contributed by atoms with van der Waals surface area (Å²) < 4.78 is 0. The van der Waals surface area contributed by atoms with Crippen molar-refractivity contribution in [3.63, 3.8) is 0 Å². The van der Waals surface area contributed by atoms with Crippen molar-refractivity contribution in [2.75, 3.05) is 0 Å². The fourth-order valence-corrected chi connectivity index (χ4v) is 1.94. The number of hydrogen-bond donors (Lipinski definition) is 1. The zero-order valence-corrected chi connectivity index (χ0v) is 10.6. The van der Waals surface area contributed by atoms with Crippen molar-refractivity contribution in [3.05, 3.63) is 75.3 Å². The second-order valence-electron chi connectivity index (χ2n) is 4.35. The van der Waals surface area contributed by atoms with Gasteiger partial charge in [0.2, 0.25) is 0 Å². The van der Waals surface area contributed by atoms with Gasteiger partial charge in [-0.1, -0.05) is 43.3 Å². The molecule has 0 fully saturated rings. The highest BCUT2D eigenvalue weighted by Crippen LogP contribution is 2.25. The first-order chi connectivity index (χ1) is 9.11. The molecule has 1 atom stereocenters. The van der Waals surface area contributed by atoms with E-state index in [0.29, 0.717) is 5.56 Å². The third kappa shape index (κ3) is 2.98. The number of hydrogen-bond acceptors (Lipinski definition) is 3. The van der Waals surface area contributed by atoms with Gasteiger partial charge in [-0.05, 0) is 23.1 Å². The molecule has 1 N–H and O–H groups in total. The molecular formula is C15H15NO3. The van der Waals surface area contributed by atoms with E-state index in [1.54, 1.807) is 12.1 Å². The van der Waals surface area contributed by atoms with Gasteiger partial charge in [-0.3, -0.25) is 10.1 Å². The zero-order chi connectivity index (χ0) is 13.8. The van der Waals surface area contributed by atoms with E-state index < -0.39 is 11.0 Å². The Hall–Kier alpha value is -2.20. The van der Waals surface area contributed by atoms with Gasteiger partial charge < -0.3 is 5.11 Å². The lowest BCUT2D eigenvalue weighted by molar-refractivity contribution is -0.385. The summed E-state index contributed by atoms with van der Waals surface area (Å²) in [5.74, 6) is 0. The predicted molar refractivity (Wildman–Crippen MR) is 73.0 cm³/mol. The molecule has 4 nitrogen and oxygen atoms in total. The predicted octanol–water partition coefficient (Wildman–Crippen LogP) is 3.24. The summed E-state index contributed by atoms with van der Waals surface area (Å²) in [5.41, 5.74) is 2.44. The Balaban J connectivity index is 2.29. The van der Waals surface area contributed by atoms with E-state index in [2.05, 4.69) is 6.92 Å². The monoisotopic (exact) mass is 257 g/mol. The summed E-state index contributed by atoms with van der Waals surface area (Å²) in [5, 5.41) is 21.0. The number of rotatable bonds is 4. The largest absolute Gasteiger partial charge is 0.384 e. The van der Waals surface area contributed by atoms with Gasteiger partial charge in [0.25, 0.3) is 5.69 Å². The molecule has 0 spiro atoms. The molecule has 4 heteroatoms. The van der Waals surface area contributed by atoms with Crippen LogP contribution in [0.15, 0.2) is 48.5 Å². The van der Waals surface area contributed by atoms with Gasteiger partial charge in [0.1, 0.15) is 6.10 Å². The van der Waals surface area contributed by atoms with E-state index in [4.69, 9.17) is 0 Å². The van der Waals surface area contributed by atoms with Crippen molar-refractivity contribution < 1.29 is 10.0 Å². The standard InChI is InChI=1S/C15H15NO3/c1-2-11-6-8-12(9-7-11)15(17)13-4-3-5-14(10-13)16(18)19/h3-10,15,17H,2H2,1H3/t15-/m1/s1. The number of nitro groups is 1. The maximum atomic E-state index is 10.7. The highest BCUT2D eigenvalue weighted by atomic mass is 16.6. The van der Waals surface area contributed by atoms with E-state index in [-0.39, 0.29) is 5.69 Å². The molecule has 0 amide bonds. The number of nitrogens with zero attached hydrogens (tertiary/aromatic N) is 1. The van der Waals surface area contributed by atoms with Crippen LogP contribution in [0.4, 0.5) is 5.69 Å². The average Bonchev–Trinajstić information content (AvgIpc) is 2.46. The second kappa shape index (κ2) is 5.63. The summed E-state index contributed by atoms with van der Waals surface area (Å²) in [6.45, 7) is 2.06. The van der Waals surface area contributed by atoms with Crippen LogP contribution in [0.1, 0.15) is 29.7 Å². The first-order valence-corrected chi connectivity index (χ1v) is 6.13. The van der Waals surface area contributed by atoms with Crippen LogP contribution in [0.2, 0.25) is 0 Å². The third-order valence-electron chi connectivity index (χ3n) is 3.10. The number of aryl methyl sites for hydroxylation is 1. The lowest BCUT2D eigenvalue weighted by Crippen LogP contribution is -2.00. The molecule has 0 aliphatic heterocycles. The van der Waals surface area contributed by atoms with Crippen LogP contribution in [0.3, 0.4) is 0 Å².